The van der Waals surface area contributed by atoms with Gasteiger partial charge in [-0.05, 0) is 73.8 Å². The van der Waals surface area contributed by atoms with Gasteiger partial charge in [0.25, 0.3) is 0 Å². The maximum atomic E-state index is 14.4. The van der Waals surface area contributed by atoms with Gasteiger partial charge in [0.05, 0.1) is 17.4 Å². The molecule has 3 atom stereocenters. The monoisotopic (exact) mass is 515 g/mol. The lowest BCUT2D eigenvalue weighted by Gasteiger charge is -2.45. The number of aryl methyl sites for hydroxylation is 1. The second kappa shape index (κ2) is 10.2. The van der Waals surface area contributed by atoms with Gasteiger partial charge in [0.15, 0.2) is 0 Å². The SMILES string of the molecule is CC(C)CC1C(=O)NC(C2Cc3ccccc3C2)C(=O)N1C(C(=O)NC(C)C)c1ccc2c(c1)ncn2C. The molecule has 1 aliphatic carbocycles. The van der Waals surface area contributed by atoms with Crippen LogP contribution in [0.15, 0.2) is 48.8 Å². The van der Waals surface area contributed by atoms with E-state index in [-0.39, 0.29) is 35.6 Å². The van der Waals surface area contributed by atoms with Crippen molar-refractivity contribution in [3.63, 3.8) is 0 Å². The number of carbonyl (C=O) groups is 3. The number of hydrogen-bond acceptors (Lipinski definition) is 4. The predicted molar refractivity (Wildman–Crippen MR) is 146 cm³/mol. The van der Waals surface area contributed by atoms with Gasteiger partial charge in [-0.25, -0.2) is 4.98 Å². The summed E-state index contributed by atoms with van der Waals surface area (Å²) < 4.78 is 1.91. The lowest BCUT2D eigenvalue weighted by molar-refractivity contribution is -0.158. The van der Waals surface area contributed by atoms with Gasteiger partial charge in [0.2, 0.25) is 17.7 Å². The van der Waals surface area contributed by atoms with Crippen LogP contribution in [0.5, 0.6) is 0 Å². The molecule has 8 nitrogen and oxygen atoms in total. The summed E-state index contributed by atoms with van der Waals surface area (Å²) in [6.07, 6.45) is 3.63. The molecule has 8 heteroatoms. The highest BCUT2D eigenvalue weighted by Gasteiger charge is 2.49. The Labute approximate surface area is 223 Å². The molecule has 1 saturated heterocycles. The van der Waals surface area contributed by atoms with E-state index in [0.29, 0.717) is 12.0 Å². The average Bonchev–Trinajstić information content (AvgIpc) is 3.45. The minimum Gasteiger partial charge on any atom is -0.352 e. The molecule has 0 bridgehead atoms. The van der Waals surface area contributed by atoms with E-state index in [1.54, 1.807) is 11.2 Å². The van der Waals surface area contributed by atoms with Crippen molar-refractivity contribution in [1.29, 1.82) is 0 Å². The molecule has 3 unspecified atom stereocenters. The minimum atomic E-state index is -0.947. The van der Waals surface area contributed by atoms with E-state index in [0.717, 1.165) is 23.9 Å². The summed E-state index contributed by atoms with van der Waals surface area (Å²) in [6, 6.07) is 11.4. The van der Waals surface area contributed by atoms with E-state index in [2.05, 4.69) is 27.8 Å². The molecule has 1 fully saturated rings. The molecule has 2 heterocycles. The summed E-state index contributed by atoms with van der Waals surface area (Å²) in [4.78, 5) is 47.9. The highest BCUT2D eigenvalue weighted by Crippen LogP contribution is 2.36. The first kappa shape index (κ1) is 25.9. The van der Waals surface area contributed by atoms with E-state index >= 15 is 0 Å². The van der Waals surface area contributed by atoms with Crippen LogP contribution in [0.25, 0.3) is 11.0 Å². The number of aromatic nitrogens is 2. The Morgan fingerprint density at radius 2 is 1.76 bits per heavy atom. The van der Waals surface area contributed by atoms with Crippen molar-refractivity contribution in [2.75, 3.05) is 0 Å². The van der Waals surface area contributed by atoms with Crippen LogP contribution in [0.3, 0.4) is 0 Å². The zero-order valence-electron chi connectivity index (χ0n) is 22.8. The van der Waals surface area contributed by atoms with Crippen molar-refractivity contribution >= 4 is 28.8 Å². The maximum Gasteiger partial charge on any atom is 0.247 e. The zero-order chi connectivity index (χ0) is 27.1. The van der Waals surface area contributed by atoms with Gasteiger partial charge >= 0.3 is 0 Å². The van der Waals surface area contributed by atoms with Crippen molar-refractivity contribution < 1.29 is 14.4 Å². The quantitative estimate of drug-likeness (QED) is 0.505. The van der Waals surface area contributed by atoms with E-state index in [1.165, 1.54) is 11.1 Å². The number of imidazole rings is 1. The molecule has 0 radical (unpaired) electrons. The molecule has 0 spiro atoms. The lowest BCUT2D eigenvalue weighted by Crippen LogP contribution is -2.67. The molecule has 2 aromatic carbocycles. The number of carbonyl (C=O) groups excluding carboxylic acids is 3. The number of piperazine rings is 1. The molecule has 200 valence electrons. The Hall–Kier alpha value is -3.68. The number of rotatable bonds is 7. The van der Waals surface area contributed by atoms with Crippen molar-refractivity contribution in [3.05, 3.63) is 65.5 Å². The van der Waals surface area contributed by atoms with Crippen LogP contribution in [0.1, 0.15) is 56.8 Å². The molecule has 2 aliphatic rings. The lowest BCUT2D eigenvalue weighted by atomic mass is 9.88. The number of hydrogen-bond donors (Lipinski definition) is 2. The number of nitrogens with one attached hydrogen (secondary N) is 2. The van der Waals surface area contributed by atoms with Gasteiger partial charge in [-0.1, -0.05) is 44.2 Å². The second-order valence-corrected chi connectivity index (χ2v) is 11.5. The number of amides is 3. The molecule has 5 rings (SSSR count). The molecule has 3 aromatic rings. The normalized spacial score (nSPS) is 20.8. The Morgan fingerprint density at radius 3 is 2.39 bits per heavy atom. The second-order valence-electron chi connectivity index (χ2n) is 11.5. The van der Waals surface area contributed by atoms with Crippen LogP contribution in [-0.4, -0.2) is 50.3 Å². The highest BCUT2D eigenvalue weighted by molar-refractivity contribution is 6.00. The maximum absolute atomic E-state index is 14.4. The fourth-order valence-electron chi connectivity index (χ4n) is 6.00. The third-order valence-electron chi connectivity index (χ3n) is 7.73. The van der Waals surface area contributed by atoms with Crippen LogP contribution in [0.2, 0.25) is 0 Å². The number of benzene rings is 2. The molecular formula is C30H37N5O3. The third kappa shape index (κ3) is 4.79. The topological polar surface area (TPSA) is 96.3 Å². The molecule has 2 N–H and O–H groups in total. The summed E-state index contributed by atoms with van der Waals surface area (Å²) in [5.41, 5.74) is 4.75. The first-order chi connectivity index (χ1) is 18.1. The van der Waals surface area contributed by atoms with Gasteiger partial charge < -0.3 is 20.1 Å². The first-order valence-corrected chi connectivity index (χ1v) is 13.5. The zero-order valence-corrected chi connectivity index (χ0v) is 22.8. The van der Waals surface area contributed by atoms with Gasteiger partial charge in [-0.15, -0.1) is 0 Å². The van der Waals surface area contributed by atoms with E-state index < -0.39 is 18.1 Å². The molecule has 38 heavy (non-hydrogen) atoms. The van der Waals surface area contributed by atoms with Gasteiger partial charge in [0, 0.05) is 13.1 Å². The van der Waals surface area contributed by atoms with E-state index in [1.807, 2.05) is 69.6 Å². The molecule has 0 saturated carbocycles. The van der Waals surface area contributed by atoms with Crippen LogP contribution < -0.4 is 10.6 Å². The fourth-order valence-corrected chi connectivity index (χ4v) is 6.00. The Bertz CT molecular complexity index is 1350. The van der Waals surface area contributed by atoms with Crippen molar-refractivity contribution in [2.24, 2.45) is 18.9 Å². The third-order valence-corrected chi connectivity index (χ3v) is 7.73. The highest BCUT2D eigenvalue weighted by atomic mass is 16.2. The standard InChI is InChI=1S/C30H37N5O3/c1-17(2)12-25-28(36)33-26(22-13-19-8-6-7-9-20(19)14-22)30(38)35(25)27(29(37)32-18(3)4)21-10-11-24-23(15-21)31-16-34(24)5/h6-11,15-18,22,25-27H,12-14H2,1-5H3,(H,32,37)(H,33,36). The van der Waals surface area contributed by atoms with Gasteiger partial charge in [-0.2, -0.15) is 0 Å². The van der Waals surface area contributed by atoms with Crippen LogP contribution in [0, 0.1) is 11.8 Å². The first-order valence-electron chi connectivity index (χ1n) is 13.5. The fraction of sp³-hybridized carbons (Fsp3) is 0.467. The average molecular weight is 516 g/mol. The van der Waals surface area contributed by atoms with Crippen LogP contribution >= 0.6 is 0 Å². The summed E-state index contributed by atoms with van der Waals surface area (Å²) in [5.74, 6) is -0.585. The molecular weight excluding hydrogens is 478 g/mol. The number of nitrogens with zero attached hydrogens (tertiary/aromatic N) is 3. The Kier molecular flexibility index (Phi) is 6.99. The predicted octanol–water partition coefficient (Wildman–Crippen LogP) is 3.30. The largest absolute Gasteiger partial charge is 0.352 e. The van der Waals surface area contributed by atoms with E-state index in [9.17, 15) is 14.4 Å². The molecule has 3 amide bonds. The van der Waals surface area contributed by atoms with Crippen molar-refractivity contribution in [3.8, 4) is 0 Å². The van der Waals surface area contributed by atoms with Crippen LogP contribution in [-0.2, 0) is 34.3 Å². The van der Waals surface area contributed by atoms with Gasteiger partial charge in [0.1, 0.15) is 18.1 Å². The molecule has 1 aromatic heterocycles. The van der Waals surface area contributed by atoms with Crippen LogP contribution in [0.4, 0.5) is 0 Å². The Balaban J connectivity index is 1.58. The van der Waals surface area contributed by atoms with Crippen molar-refractivity contribution in [1.82, 2.24) is 25.1 Å². The smallest absolute Gasteiger partial charge is 0.247 e. The summed E-state index contributed by atoms with van der Waals surface area (Å²) >= 11 is 0. The summed E-state index contributed by atoms with van der Waals surface area (Å²) in [6.45, 7) is 7.84. The summed E-state index contributed by atoms with van der Waals surface area (Å²) in [5, 5.41) is 6.08. The van der Waals surface area contributed by atoms with Gasteiger partial charge in [-0.3, -0.25) is 14.4 Å². The van der Waals surface area contributed by atoms with E-state index in [4.69, 9.17) is 0 Å². The minimum absolute atomic E-state index is 0.0570. The number of fused-ring (bicyclic) bond motifs is 2. The summed E-state index contributed by atoms with van der Waals surface area (Å²) in [7, 11) is 1.92. The van der Waals surface area contributed by atoms with Crippen molar-refractivity contribution in [2.45, 2.75) is 71.1 Å². The Morgan fingerprint density at radius 1 is 1.08 bits per heavy atom. The molecule has 1 aliphatic heterocycles.